The van der Waals surface area contributed by atoms with Crippen molar-refractivity contribution in [3.05, 3.63) is 0 Å². The molecule has 0 amide bonds. The molecule has 0 aromatic carbocycles. The van der Waals surface area contributed by atoms with Crippen LogP contribution in [0.25, 0.3) is 0 Å². The van der Waals surface area contributed by atoms with Crippen LogP contribution in [-0.4, -0.2) is 42.3 Å². The molecule has 1 saturated heterocycles. The van der Waals surface area contributed by atoms with E-state index in [1.807, 2.05) is 0 Å². The number of nitrogens with two attached hydrogens (primary N) is 1. The number of nitrogens with zero attached hydrogens (tertiary/aromatic N) is 1. The second kappa shape index (κ2) is 5.10. The van der Waals surface area contributed by atoms with Gasteiger partial charge < -0.3 is 10.5 Å². The minimum absolute atomic E-state index is 0.283. The van der Waals surface area contributed by atoms with E-state index in [2.05, 4.69) is 39.5 Å². The van der Waals surface area contributed by atoms with Crippen LogP contribution in [-0.2, 0) is 4.74 Å². The lowest BCUT2D eigenvalue weighted by Gasteiger charge is -2.59. The van der Waals surface area contributed by atoms with Crippen molar-refractivity contribution < 1.29 is 4.74 Å². The van der Waals surface area contributed by atoms with Crippen molar-refractivity contribution in [2.45, 2.75) is 71.7 Å². The minimum Gasteiger partial charge on any atom is -0.378 e. The Morgan fingerprint density at radius 2 is 2.00 bits per heavy atom. The first-order chi connectivity index (χ1) is 8.39. The van der Waals surface area contributed by atoms with E-state index in [1.165, 1.54) is 6.42 Å². The number of ether oxygens (including phenoxy) is 1. The first-order valence-electron chi connectivity index (χ1n) is 7.52. The van der Waals surface area contributed by atoms with Crippen molar-refractivity contribution in [3.63, 3.8) is 0 Å². The van der Waals surface area contributed by atoms with E-state index in [-0.39, 0.29) is 5.41 Å². The Balaban J connectivity index is 2.01. The smallest absolute Gasteiger partial charge is 0.0655 e. The molecule has 2 rings (SSSR count). The quantitative estimate of drug-likeness (QED) is 0.839. The maximum atomic E-state index is 6.18. The zero-order valence-corrected chi connectivity index (χ0v) is 12.6. The third-order valence-corrected chi connectivity index (χ3v) is 5.57. The molecular formula is C15H30N2O. The molecule has 2 aliphatic rings. The molecule has 3 nitrogen and oxygen atoms in total. The molecule has 1 aliphatic carbocycles. The maximum absolute atomic E-state index is 6.18. The SMILES string of the molecule is CCOC1CC(N2CCC(N)C(C)C2C)C1(C)C. The Morgan fingerprint density at radius 3 is 2.56 bits per heavy atom. The van der Waals surface area contributed by atoms with Crippen LogP contribution in [0.4, 0.5) is 0 Å². The molecule has 106 valence electrons. The molecule has 0 radical (unpaired) electrons. The van der Waals surface area contributed by atoms with Gasteiger partial charge in [0.25, 0.3) is 0 Å². The molecule has 0 aromatic heterocycles. The predicted octanol–water partition coefficient (Wildman–Crippen LogP) is 2.25. The zero-order valence-electron chi connectivity index (χ0n) is 12.6. The van der Waals surface area contributed by atoms with Crippen LogP contribution in [0.15, 0.2) is 0 Å². The monoisotopic (exact) mass is 254 g/mol. The van der Waals surface area contributed by atoms with Gasteiger partial charge >= 0.3 is 0 Å². The number of hydrogen-bond donors (Lipinski definition) is 1. The number of likely N-dealkylation sites (tertiary alicyclic amines) is 1. The van der Waals surface area contributed by atoms with Gasteiger partial charge in [-0.15, -0.1) is 0 Å². The summed E-state index contributed by atoms with van der Waals surface area (Å²) in [7, 11) is 0. The summed E-state index contributed by atoms with van der Waals surface area (Å²) in [5, 5.41) is 0. The molecule has 2 N–H and O–H groups in total. The van der Waals surface area contributed by atoms with Gasteiger partial charge in [-0.25, -0.2) is 0 Å². The van der Waals surface area contributed by atoms with Crippen LogP contribution in [0, 0.1) is 11.3 Å². The zero-order chi connectivity index (χ0) is 13.5. The van der Waals surface area contributed by atoms with Gasteiger partial charge in [-0.1, -0.05) is 20.8 Å². The van der Waals surface area contributed by atoms with Crippen molar-refractivity contribution in [2.24, 2.45) is 17.1 Å². The van der Waals surface area contributed by atoms with Crippen molar-refractivity contribution in [3.8, 4) is 0 Å². The Labute approximate surface area is 112 Å². The van der Waals surface area contributed by atoms with Crippen molar-refractivity contribution in [1.82, 2.24) is 4.90 Å². The van der Waals surface area contributed by atoms with E-state index in [1.54, 1.807) is 0 Å². The molecule has 3 heteroatoms. The summed E-state index contributed by atoms with van der Waals surface area (Å²) in [5.41, 5.74) is 6.46. The summed E-state index contributed by atoms with van der Waals surface area (Å²) < 4.78 is 5.85. The lowest BCUT2D eigenvalue weighted by molar-refractivity contribution is -0.165. The predicted molar refractivity (Wildman–Crippen MR) is 75.5 cm³/mol. The Morgan fingerprint density at radius 1 is 1.33 bits per heavy atom. The van der Waals surface area contributed by atoms with Crippen LogP contribution < -0.4 is 5.73 Å². The highest BCUT2D eigenvalue weighted by molar-refractivity contribution is 5.06. The van der Waals surface area contributed by atoms with Gasteiger partial charge in [0.1, 0.15) is 0 Å². The average Bonchev–Trinajstić information content (AvgIpc) is 2.33. The lowest BCUT2D eigenvalue weighted by Crippen LogP contribution is -2.67. The number of rotatable bonds is 3. The Bertz CT molecular complexity index is 292. The molecule has 0 spiro atoms. The molecule has 5 unspecified atom stereocenters. The summed E-state index contributed by atoms with van der Waals surface area (Å²) in [6, 6.07) is 1.64. The van der Waals surface area contributed by atoms with Crippen LogP contribution in [0.1, 0.15) is 47.5 Å². The summed E-state index contributed by atoms with van der Waals surface area (Å²) in [6.45, 7) is 13.4. The normalized spacial score (nSPS) is 44.7. The second-order valence-electron chi connectivity index (χ2n) is 6.81. The van der Waals surface area contributed by atoms with Gasteiger partial charge in [0.05, 0.1) is 6.10 Å². The standard InChI is InChI=1S/C15H30N2O/c1-6-18-14-9-13(15(14,4)5)17-8-7-12(16)10(2)11(17)3/h10-14H,6-9,16H2,1-5H3. The third kappa shape index (κ3) is 2.21. The van der Waals surface area contributed by atoms with E-state index in [0.717, 1.165) is 19.6 Å². The summed E-state index contributed by atoms with van der Waals surface area (Å²) in [6.07, 6.45) is 2.76. The minimum atomic E-state index is 0.283. The van der Waals surface area contributed by atoms with Gasteiger partial charge in [0.15, 0.2) is 0 Å². The summed E-state index contributed by atoms with van der Waals surface area (Å²) in [5.74, 6) is 0.598. The highest BCUT2D eigenvalue weighted by Gasteiger charge is 2.53. The summed E-state index contributed by atoms with van der Waals surface area (Å²) in [4.78, 5) is 2.68. The van der Waals surface area contributed by atoms with E-state index < -0.39 is 0 Å². The highest BCUT2D eigenvalue weighted by Crippen LogP contribution is 2.47. The van der Waals surface area contributed by atoms with E-state index >= 15 is 0 Å². The van der Waals surface area contributed by atoms with Crippen LogP contribution in [0.3, 0.4) is 0 Å². The molecule has 0 bridgehead atoms. The maximum Gasteiger partial charge on any atom is 0.0655 e. The Hall–Kier alpha value is -0.120. The van der Waals surface area contributed by atoms with Gasteiger partial charge in [-0.05, 0) is 32.6 Å². The fraction of sp³-hybridized carbons (Fsp3) is 1.00. The summed E-state index contributed by atoms with van der Waals surface area (Å²) >= 11 is 0. The van der Waals surface area contributed by atoms with E-state index in [4.69, 9.17) is 10.5 Å². The largest absolute Gasteiger partial charge is 0.378 e. The first kappa shape index (κ1) is 14.3. The van der Waals surface area contributed by atoms with Crippen molar-refractivity contribution in [1.29, 1.82) is 0 Å². The van der Waals surface area contributed by atoms with E-state index in [9.17, 15) is 0 Å². The molecular weight excluding hydrogens is 224 g/mol. The molecule has 18 heavy (non-hydrogen) atoms. The Kier molecular flexibility index (Phi) is 4.05. The van der Waals surface area contributed by atoms with Crippen LogP contribution in [0.2, 0.25) is 0 Å². The number of piperidine rings is 1. The topological polar surface area (TPSA) is 38.5 Å². The third-order valence-electron chi connectivity index (χ3n) is 5.57. The van der Waals surface area contributed by atoms with Gasteiger partial charge in [-0.3, -0.25) is 4.90 Å². The average molecular weight is 254 g/mol. The molecule has 1 heterocycles. The van der Waals surface area contributed by atoms with Crippen molar-refractivity contribution in [2.75, 3.05) is 13.2 Å². The number of hydrogen-bond acceptors (Lipinski definition) is 3. The van der Waals surface area contributed by atoms with Gasteiger partial charge in [-0.2, -0.15) is 0 Å². The second-order valence-corrected chi connectivity index (χ2v) is 6.81. The lowest BCUT2D eigenvalue weighted by atomic mass is 9.62. The van der Waals surface area contributed by atoms with E-state index in [0.29, 0.717) is 30.1 Å². The molecule has 5 atom stereocenters. The molecule has 1 saturated carbocycles. The van der Waals surface area contributed by atoms with Gasteiger partial charge in [0.2, 0.25) is 0 Å². The fourth-order valence-electron chi connectivity index (χ4n) is 3.78. The molecule has 2 fully saturated rings. The fourth-order valence-corrected chi connectivity index (χ4v) is 3.78. The van der Waals surface area contributed by atoms with Crippen LogP contribution in [0.5, 0.6) is 0 Å². The van der Waals surface area contributed by atoms with Crippen LogP contribution >= 0.6 is 0 Å². The highest BCUT2D eigenvalue weighted by atomic mass is 16.5. The molecule has 1 aliphatic heterocycles. The first-order valence-corrected chi connectivity index (χ1v) is 7.52. The van der Waals surface area contributed by atoms with Crippen molar-refractivity contribution >= 4 is 0 Å². The van der Waals surface area contributed by atoms with Gasteiger partial charge in [0, 0.05) is 36.7 Å². The molecule has 0 aromatic rings.